The van der Waals surface area contributed by atoms with Crippen LogP contribution < -0.4 is 10.5 Å². The summed E-state index contributed by atoms with van der Waals surface area (Å²) < 4.78 is 5.40. The molecule has 29 heavy (non-hydrogen) atoms. The minimum atomic E-state index is -1.25. The van der Waals surface area contributed by atoms with Crippen molar-refractivity contribution in [1.29, 1.82) is 0 Å². The Hall–Kier alpha value is -4.26. The molecule has 2 heterocycles. The zero-order valence-corrected chi connectivity index (χ0v) is 15.0. The van der Waals surface area contributed by atoms with Crippen LogP contribution in [0.25, 0.3) is 22.4 Å². The van der Waals surface area contributed by atoms with Crippen LogP contribution in [-0.2, 0) is 0 Å². The molecule has 0 radical (unpaired) electrons. The molecule has 7 nitrogen and oxygen atoms in total. The molecule has 1 amide bonds. The number of carbonyl (C=O) groups is 2. The highest BCUT2D eigenvalue weighted by atomic mass is 16.4. The minimum Gasteiger partial charge on any atom is -0.545 e. The summed E-state index contributed by atoms with van der Waals surface area (Å²) in [5.41, 5.74) is 4.80. The molecule has 0 bridgehead atoms. The van der Waals surface area contributed by atoms with Gasteiger partial charge in [-0.15, -0.1) is 0 Å². The van der Waals surface area contributed by atoms with Gasteiger partial charge in [0.1, 0.15) is 5.69 Å². The third-order valence-electron chi connectivity index (χ3n) is 4.26. The van der Waals surface area contributed by atoms with Gasteiger partial charge in [-0.1, -0.05) is 42.5 Å². The van der Waals surface area contributed by atoms with Gasteiger partial charge in [-0.2, -0.15) is 5.10 Å². The number of carboxylic acids is 1. The quantitative estimate of drug-likeness (QED) is 0.420. The normalized spacial score (nSPS) is 11.0. The molecule has 0 aliphatic carbocycles. The van der Waals surface area contributed by atoms with Crippen molar-refractivity contribution in [2.24, 2.45) is 5.10 Å². The first kappa shape index (κ1) is 18.1. The van der Waals surface area contributed by atoms with Crippen molar-refractivity contribution >= 4 is 29.0 Å². The number of hydrogen-bond donors (Lipinski definition) is 1. The Bertz CT molecular complexity index is 1210. The average Bonchev–Trinajstić information content (AvgIpc) is 3.28. The number of furan rings is 1. The number of para-hydroxylation sites is 1. The fraction of sp³-hybridized carbons (Fsp3) is 0. The lowest BCUT2D eigenvalue weighted by molar-refractivity contribution is -0.255. The van der Waals surface area contributed by atoms with Crippen molar-refractivity contribution in [2.75, 3.05) is 0 Å². The molecule has 0 fully saturated rings. The van der Waals surface area contributed by atoms with Crippen LogP contribution >= 0.6 is 0 Å². The number of nitrogens with zero attached hydrogens (tertiary/aromatic N) is 2. The van der Waals surface area contributed by atoms with Gasteiger partial charge in [0.25, 0.3) is 5.91 Å². The molecule has 4 aromatic rings. The molecule has 0 aliphatic rings. The van der Waals surface area contributed by atoms with Crippen LogP contribution in [-0.4, -0.2) is 23.1 Å². The van der Waals surface area contributed by atoms with Gasteiger partial charge in [-0.25, -0.2) is 10.4 Å². The molecule has 1 N–H and O–H groups in total. The maximum absolute atomic E-state index is 12.7. The maximum Gasteiger partial charge on any atom is 0.272 e. The maximum atomic E-state index is 12.7. The smallest absolute Gasteiger partial charge is 0.272 e. The summed E-state index contributed by atoms with van der Waals surface area (Å²) in [5, 5.41) is 15.4. The molecule has 0 saturated carbocycles. The Morgan fingerprint density at radius 3 is 2.55 bits per heavy atom. The fourth-order valence-corrected chi connectivity index (χ4v) is 2.84. The second-order valence-electron chi connectivity index (χ2n) is 6.16. The number of aromatic carboxylic acids is 1. The molecule has 0 unspecified atom stereocenters. The summed E-state index contributed by atoms with van der Waals surface area (Å²) in [4.78, 5) is 28.1. The Labute approximate surface area is 165 Å². The zero-order valence-electron chi connectivity index (χ0n) is 15.0. The number of hydrazone groups is 1. The van der Waals surface area contributed by atoms with E-state index in [4.69, 9.17) is 4.42 Å². The second-order valence-corrected chi connectivity index (χ2v) is 6.16. The summed E-state index contributed by atoms with van der Waals surface area (Å²) in [5.74, 6) is -1.10. The third-order valence-corrected chi connectivity index (χ3v) is 4.26. The molecule has 142 valence electrons. The van der Waals surface area contributed by atoms with Gasteiger partial charge in [-0.3, -0.25) is 4.79 Å². The molecular weight excluding hydrogens is 370 g/mol. The van der Waals surface area contributed by atoms with E-state index in [9.17, 15) is 14.7 Å². The Morgan fingerprint density at radius 1 is 1.03 bits per heavy atom. The van der Waals surface area contributed by atoms with E-state index >= 15 is 0 Å². The van der Waals surface area contributed by atoms with Gasteiger partial charge in [0.15, 0.2) is 5.76 Å². The third kappa shape index (κ3) is 3.89. The standard InChI is InChI=1S/C22H15N3O4/c26-21(25-23-13-14-7-9-15(10-8-14)22(27)28)17-12-19(20-6-3-11-29-20)24-18-5-2-1-4-16(17)18/h1-13H,(H,25,26)(H,27,28)/p-1/b23-13-. The monoisotopic (exact) mass is 384 g/mol. The van der Waals surface area contributed by atoms with E-state index in [0.29, 0.717) is 33.5 Å². The predicted octanol–water partition coefficient (Wildman–Crippen LogP) is 2.62. The predicted molar refractivity (Wildman–Crippen MR) is 105 cm³/mol. The van der Waals surface area contributed by atoms with Crippen LogP contribution in [0, 0.1) is 0 Å². The highest BCUT2D eigenvalue weighted by Crippen LogP contribution is 2.25. The number of benzene rings is 2. The van der Waals surface area contributed by atoms with E-state index in [1.54, 1.807) is 36.6 Å². The average molecular weight is 384 g/mol. The molecule has 2 aromatic heterocycles. The van der Waals surface area contributed by atoms with Gasteiger partial charge in [0.05, 0.1) is 29.5 Å². The fourth-order valence-electron chi connectivity index (χ4n) is 2.84. The highest BCUT2D eigenvalue weighted by Gasteiger charge is 2.14. The lowest BCUT2D eigenvalue weighted by Crippen LogP contribution is -2.22. The Morgan fingerprint density at radius 2 is 1.83 bits per heavy atom. The van der Waals surface area contributed by atoms with E-state index in [2.05, 4.69) is 15.5 Å². The van der Waals surface area contributed by atoms with Crippen molar-refractivity contribution in [3.63, 3.8) is 0 Å². The van der Waals surface area contributed by atoms with E-state index in [-0.39, 0.29) is 5.56 Å². The number of carbonyl (C=O) groups excluding carboxylic acids is 2. The number of fused-ring (bicyclic) bond motifs is 1. The Kier molecular flexibility index (Phi) is 4.86. The zero-order chi connectivity index (χ0) is 20.2. The molecule has 4 rings (SSSR count). The highest BCUT2D eigenvalue weighted by molar-refractivity contribution is 6.07. The van der Waals surface area contributed by atoms with Gasteiger partial charge < -0.3 is 14.3 Å². The summed E-state index contributed by atoms with van der Waals surface area (Å²) in [6.07, 6.45) is 2.97. The van der Waals surface area contributed by atoms with E-state index in [1.807, 2.05) is 24.3 Å². The van der Waals surface area contributed by atoms with Gasteiger partial charge >= 0.3 is 0 Å². The first-order valence-electron chi connectivity index (χ1n) is 8.70. The Balaban J connectivity index is 1.60. The van der Waals surface area contributed by atoms with Crippen LogP contribution in [0.5, 0.6) is 0 Å². The van der Waals surface area contributed by atoms with Gasteiger partial charge in [0.2, 0.25) is 0 Å². The van der Waals surface area contributed by atoms with Crippen molar-refractivity contribution in [3.8, 4) is 11.5 Å². The van der Waals surface area contributed by atoms with Crippen LogP contribution in [0.1, 0.15) is 26.3 Å². The van der Waals surface area contributed by atoms with Crippen LogP contribution in [0.4, 0.5) is 0 Å². The number of nitrogens with one attached hydrogen (secondary N) is 1. The second kappa shape index (κ2) is 7.77. The van der Waals surface area contributed by atoms with Crippen molar-refractivity contribution in [1.82, 2.24) is 10.4 Å². The van der Waals surface area contributed by atoms with Gasteiger partial charge in [0, 0.05) is 5.39 Å². The number of hydrogen-bond acceptors (Lipinski definition) is 6. The summed E-state index contributed by atoms with van der Waals surface area (Å²) in [6, 6.07) is 18.4. The first-order valence-corrected chi connectivity index (χ1v) is 8.70. The van der Waals surface area contributed by atoms with Crippen molar-refractivity contribution in [3.05, 3.63) is 89.7 Å². The molecule has 2 aromatic carbocycles. The SMILES string of the molecule is O=C([O-])c1ccc(/C=N\NC(=O)c2cc(-c3ccco3)nc3ccccc23)cc1. The first-order chi connectivity index (χ1) is 14.1. The summed E-state index contributed by atoms with van der Waals surface area (Å²) in [6.45, 7) is 0. The van der Waals surface area contributed by atoms with E-state index in [0.717, 1.165) is 0 Å². The number of carboxylic acid groups (broad SMARTS) is 1. The molecule has 0 aliphatic heterocycles. The summed E-state index contributed by atoms with van der Waals surface area (Å²) in [7, 11) is 0. The largest absolute Gasteiger partial charge is 0.545 e. The number of amides is 1. The van der Waals surface area contributed by atoms with E-state index < -0.39 is 11.9 Å². The van der Waals surface area contributed by atoms with Crippen LogP contribution in [0.2, 0.25) is 0 Å². The number of pyridine rings is 1. The van der Waals surface area contributed by atoms with Crippen LogP contribution in [0.3, 0.4) is 0 Å². The molecule has 0 atom stereocenters. The van der Waals surface area contributed by atoms with Crippen molar-refractivity contribution in [2.45, 2.75) is 0 Å². The number of aromatic nitrogens is 1. The molecule has 0 saturated heterocycles. The van der Waals surface area contributed by atoms with Crippen LogP contribution in [0.15, 0.2) is 82.5 Å². The molecule has 0 spiro atoms. The molecular formula is C22H14N3O4-. The van der Waals surface area contributed by atoms with Crippen molar-refractivity contribution < 1.29 is 19.1 Å². The lowest BCUT2D eigenvalue weighted by Gasteiger charge is -2.07. The summed E-state index contributed by atoms with van der Waals surface area (Å²) >= 11 is 0. The lowest BCUT2D eigenvalue weighted by atomic mass is 10.1. The minimum absolute atomic E-state index is 0.0693. The number of rotatable bonds is 5. The molecule has 7 heteroatoms. The van der Waals surface area contributed by atoms with E-state index in [1.165, 1.54) is 18.3 Å². The topological polar surface area (TPSA) is 108 Å². The van der Waals surface area contributed by atoms with Gasteiger partial charge in [-0.05, 0) is 35.4 Å².